The highest BCUT2D eigenvalue weighted by Crippen LogP contribution is 2.21. The highest BCUT2D eigenvalue weighted by Gasteiger charge is 2.34. The van der Waals surface area contributed by atoms with E-state index in [1.165, 1.54) is 4.90 Å². The molecule has 0 bridgehead atoms. The van der Waals surface area contributed by atoms with Gasteiger partial charge in [0.25, 0.3) is 0 Å². The molecule has 1 aliphatic heterocycles. The van der Waals surface area contributed by atoms with E-state index < -0.39 is 12.7 Å². The summed E-state index contributed by atoms with van der Waals surface area (Å²) in [5, 5.41) is 17.9. The van der Waals surface area contributed by atoms with Crippen LogP contribution in [-0.2, 0) is 0 Å². The van der Waals surface area contributed by atoms with Gasteiger partial charge in [0.05, 0.1) is 13.2 Å². The lowest BCUT2D eigenvalue weighted by atomic mass is 10.3. The Balaban J connectivity index is 2.02. The highest BCUT2D eigenvalue weighted by molar-refractivity contribution is 5.43. The lowest BCUT2D eigenvalue weighted by Crippen LogP contribution is -2.34. The van der Waals surface area contributed by atoms with Gasteiger partial charge >= 0.3 is 6.18 Å². The van der Waals surface area contributed by atoms with Crippen LogP contribution in [0.1, 0.15) is 20.3 Å². The van der Waals surface area contributed by atoms with Crippen molar-refractivity contribution in [1.29, 1.82) is 0 Å². The molecule has 2 rings (SSSR count). The van der Waals surface area contributed by atoms with Crippen molar-refractivity contribution in [3.8, 4) is 0 Å². The number of likely N-dealkylation sites (tertiary alicyclic amines) is 1. The van der Waals surface area contributed by atoms with Crippen molar-refractivity contribution in [3.05, 3.63) is 0 Å². The van der Waals surface area contributed by atoms with Crippen LogP contribution in [0.25, 0.3) is 0 Å². The van der Waals surface area contributed by atoms with E-state index in [9.17, 15) is 13.2 Å². The Morgan fingerprint density at radius 3 is 2.52 bits per heavy atom. The van der Waals surface area contributed by atoms with E-state index >= 15 is 0 Å². The number of aromatic nitrogens is 3. The summed E-state index contributed by atoms with van der Waals surface area (Å²) in [5.41, 5.74) is 0. The normalized spacial score (nSPS) is 18.6. The molecule has 1 aliphatic rings. The number of halogens is 3. The molecular weight excluding hydrogens is 339 g/mol. The Hall–Kier alpha value is -1.88. The van der Waals surface area contributed by atoms with Gasteiger partial charge in [-0.05, 0) is 20.3 Å². The molecule has 1 atom stereocenters. The van der Waals surface area contributed by atoms with E-state index in [0.29, 0.717) is 24.9 Å². The van der Waals surface area contributed by atoms with Gasteiger partial charge in [-0.15, -0.1) is 0 Å². The minimum absolute atomic E-state index is 0.0730. The Bertz CT molecular complexity index is 556. The average molecular weight is 363 g/mol. The third-order valence-electron chi connectivity index (χ3n) is 3.46. The van der Waals surface area contributed by atoms with E-state index in [4.69, 9.17) is 5.11 Å². The van der Waals surface area contributed by atoms with Crippen LogP contribution in [0.15, 0.2) is 0 Å². The SMILES string of the molecule is CC(C)Nc1nc(NCCO)nc(NC2CCN(CC(F)(F)F)C2)n1. The highest BCUT2D eigenvalue weighted by atomic mass is 19.4. The fourth-order valence-corrected chi connectivity index (χ4v) is 2.54. The van der Waals surface area contributed by atoms with Crippen LogP contribution in [0.5, 0.6) is 0 Å². The number of aliphatic hydroxyl groups is 1. The van der Waals surface area contributed by atoms with Gasteiger partial charge in [-0.25, -0.2) is 0 Å². The smallest absolute Gasteiger partial charge is 0.395 e. The summed E-state index contributed by atoms with van der Waals surface area (Å²) in [7, 11) is 0. The summed E-state index contributed by atoms with van der Waals surface area (Å²) in [6.07, 6.45) is -3.62. The molecule has 0 saturated carbocycles. The van der Waals surface area contributed by atoms with Gasteiger partial charge in [0.2, 0.25) is 17.8 Å². The maximum absolute atomic E-state index is 12.5. The molecule has 1 unspecified atom stereocenters. The monoisotopic (exact) mass is 363 g/mol. The van der Waals surface area contributed by atoms with Gasteiger partial charge in [-0.3, -0.25) is 4.90 Å². The first-order valence-electron chi connectivity index (χ1n) is 8.18. The summed E-state index contributed by atoms with van der Waals surface area (Å²) in [5.74, 6) is 0.940. The van der Waals surface area contributed by atoms with Crippen LogP contribution in [-0.4, -0.2) is 76.0 Å². The zero-order valence-corrected chi connectivity index (χ0v) is 14.3. The van der Waals surface area contributed by atoms with Crippen LogP contribution < -0.4 is 16.0 Å². The molecular formula is C14H24F3N7O. The van der Waals surface area contributed by atoms with Crippen molar-refractivity contribution in [3.63, 3.8) is 0 Å². The second kappa shape index (κ2) is 8.48. The van der Waals surface area contributed by atoms with Crippen LogP contribution >= 0.6 is 0 Å². The van der Waals surface area contributed by atoms with E-state index in [0.717, 1.165) is 0 Å². The molecule has 11 heteroatoms. The van der Waals surface area contributed by atoms with Crippen molar-refractivity contribution < 1.29 is 18.3 Å². The summed E-state index contributed by atoms with van der Waals surface area (Å²) < 4.78 is 37.4. The summed E-state index contributed by atoms with van der Waals surface area (Å²) >= 11 is 0. The molecule has 0 aromatic carbocycles. The van der Waals surface area contributed by atoms with E-state index in [1.807, 2.05) is 13.8 Å². The van der Waals surface area contributed by atoms with Crippen molar-refractivity contribution in [2.75, 3.05) is 48.7 Å². The quantitative estimate of drug-likeness (QED) is 0.546. The fraction of sp³-hybridized carbons (Fsp3) is 0.786. The topological polar surface area (TPSA) is 98.2 Å². The number of anilines is 3. The number of nitrogens with zero attached hydrogens (tertiary/aromatic N) is 4. The minimum Gasteiger partial charge on any atom is -0.395 e. The van der Waals surface area contributed by atoms with Gasteiger partial charge in [-0.2, -0.15) is 28.1 Å². The maximum atomic E-state index is 12.5. The van der Waals surface area contributed by atoms with Gasteiger partial charge < -0.3 is 21.1 Å². The maximum Gasteiger partial charge on any atom is 0.401 e. The molecule has 142 valence electrons. The Morgan fingerprint density at radius 1 is 1.20 bits per heavy atom. The fourth-order valence-electron chi connectivity index (χ4n) is 2.54. The van der Waals surface area contributed by atoms with E-state index in [2.05, 4.69) is 30.9 Å². The number of hydrogen-bond donors (Lipinski definition) is 4. The van der Waals surface area contributed by atoms with Crippen molar-refractivity contribution in [2.45, 2.75) is 38.5 Å². The molecule has 4 N–H and O–H groups in total. The van der Waals surface area contributed by atoms with Gasteiger partial charge in [0.15, 0.2) is 0 Å². The van der Waals surface area contributed by atoms with Crippen LogP contribution in [0.3, 0.4) is 0 Å². The zero-order chi connectivity index (χ0) is 18.4. The summed E-state index contributed by atoms with van der Waals surface area (Å²) in [6, 6.07) is -0.0583. The van der Waals surface area contributed by atoms with Crippen molar-refractivity contribution in [1.82, 2.24) is 19.9 Å². The van der Waals surface area contributed by atoms with Crippen LogP contribution in [0, 0.1) is 0 Å². The molecule has 25 heavy (non-hydrogen) atoms. The lowest BCUT2D eigenvalue weighted by molar-refractivity contribution is -0.143. The molecule has 1 fully saturated rings. The summed E-state index contributed by atoms with van der Waals surface area (Å²) in [4.78, 5) is 14.0. The first-order valence-corrected chi connectivity index (χ1v) is 8.18. The Labute approximate surface area is 144 Å². The molecule has 8 nitrogen and oxygen atoms in total. The lowest BCUT2D eigenvalue weighted by Gasteiger charge is -2.18. The van der Waals surface area contributed by atoms with Gasteiger partial charge in [-0.1, -0.05) is 0 Å². The third-order valence-corrected chi connectivity index (χ3v) is 3.46. The van der Waals surface area contributed by atoms with Gasteiger partial charge in [0.1, 0.15) is 0 Å². The number of aliphatic hydroxyl groups excluding tert-OH is 1. The molecule has 1 saturated heterocycles. The number of alkyl halides is 3. The predicted octanol–water partition coefficient (Wildman–Crippen LogP) is 1.14. The molecule has 0 amide bonds. The average Bonchev–Trinajstić information content (AvgIpc) is 2.89. The third kappa shape index (κ3) is 6.86. The van der Waals surface area contributed by atoms with Crippen LogP contribution in [0.2, 0.25) is 0 Å². The number of nitrogens with one attached hydrogen (secondary N) is 3. The standard InChI is InChI=1S/C14H24F3N7O/c1-9(2)19-12-21-11(18-4-6-25)22-13(23-12)20-10-3-5-24(7-10)8-14(15,16)17/h9-10,25H,3-8H2,1-2H3,(H3,18,19,20,21,22,23). The van der Waals surface area contributed by atoms with Gasteiger partial charge in [0, 0.05) is 31.7 Å². The molecule has 1 aromatic heterocycles. The first-order chi connectivity index (χ1) is 11.7. The molecule has 0 aliphatic carbocycles. The molecule has 0 spiro atoms. The minimum atomic E-state index is -4.20. The Kier molecular flexibility index (Phi) is 6.59. The van der Waals surface area contributed by atoms with Crippen molar-refractivity contribution >= 4 is 17.8 Å². The largest absolute Gasteiger partial charge is 0.401 e. The van der Waals surface area contributed by atoms with Crippen molar-refractivity contribution in [2.24, 2.45) is 0 Å². The van der Waals surface area contributed by atoms with E-state index in [-0.39, 0.29) is 37.7 Å². The molecule has 1 aromatic rings. The second-order valence-electron chi connectivity index (χ2n) is 6.24. The Morgan fingerprint density at radius 2 is 1.88 bits per heavy atom. The summed E-state index contributed by atoms with van der Waals surface area (Å²) in [6.45, 7) is 3.82. The zero-order valence-electron chi connectivity index (χ0n) is 14.3. The van der Waals surface area contributed by atoms with E-state index in [1.54, 1.807) is 0 Å². The second-order valence-corrected chi connectivity index (χ2v) is 6.24. The number of hydrogen-bond acceptors (Lipinski definition) is 8. The predicted molar refractivity (Wildman–Crippen MR) is 88.7 cm³/mol. The molecule has 2 heterocycles. The first kappa shape index (κ1) is 19.4. The number of rotatable bonds is 8. The molecule has 0 radical (unpaired) electrons. The van der Waals surface area contributed by atoms with Crippen LogP contribution in [0.4, 0.5) is 31.0 Å².